The van der Waals surface area contributed by atoms with Crippen LogP contribution in [-0.4, -0.2) is 48.4 Å². The molecule has 0 spiro atoms. The highest BCUT2D eigenvalue weighted by Crippen LogP contribution is 2.26. The number of nitrogens with one attached hydrogen (secondary N) is 2. The lowest BCUT2D eigenvalue weighted by atomic mass is 10.0. The zero-order chi connectivity index (χ0) is 18.2. The van der Waals surface area contributed by atoms with Gasteiger partial charge in [0.2, 0.25) is 11.6 Å². The molecular weight excluding hydrogens is 377 g/mol. The van der Waals surface area contributed by atoms with Crippen molar-refractivity contribution in [3.63, 3.8) is 0 Å². The highest BCUT2D eigenvalue weighted by molar-refractivity contribution is 5.90. The van der Waals surface area contributed by atoms with Gasteiger partial charge in [0.15, 0.2) is 0 Å². The predicted molar refractivity (Wildman–Crippen MR) is 85.9 cm³/mol. The summed E-state index contributed by atoms with van der Waals surface area (Å²) in [6.45, 7) is 1.97. The molecule has 2 atom stereocenters. The monoisotopic (exact) mass is 394 g/mol. The Balaban J connectivity index is 0.00000243. The van der Waals surface area contributed by atoms with Gasteiger partial charge in [-0.2, -0.15) is 22.8 Å². The van der Waals surface area contributed by atoms with Crippen LogP contribution in [-0.2, 0) is 6.18 Å². The van der Waals surface area contributed by atoms with Gasteiger partial charge in [-0.3, -0.25) is 9.89 Å². The summed E-state index contributed by atoms with van der Waals surface area (Å²) < 4.78 is 38.8. The second-order valence-electron chi connectivity index (χ2n) is 5.88. The number of nitrogens with two attached hydrogens (primary N) is 1. The number of nitrogens with zero attached hydrogens (tertiary/aromatic N) is 5. The van der Waals surface area contributed by atoms with Crippen LogP contribution in [0, 0.1) is 12.8 Å². The molecule has 2 unspecified atom stereocenters. The topological polar surface area (TPSA) is 127 Å². The van der Waals surface area contributed by atoms with Gasteiger partial charge in [0.25, 0.3) is 11.9 Å². The number of hydrogen-bond acceptors (Lipinski definition) is 6. The fraction of sp³-hybridized carbons (Fsp3) is 0.615. The molecule has 0 aliphatic heterocycles. The van der Waals surface area contributed by atoms with Gasteiger partial charge in [-0.15, -0.1) is 22.6 Å². The summed E-state index contributed by atoms with van der Waals surface area (Å²) in [5, 5.41) is 12.0. The molecule has 2 aromatic heterocycles. The Labute approximate surface area is 152 Å². The Morgan fingerprint density at radius 1 is 1.38 bits per heavy atom. The van der Waals surface area contributed by atoms with Crippen LogP contribution in [0.4, 0.5) is 13.2 Å². The van der Waals surface area contributed by atoms with Crippen LogP contribution in [0.5, 0.6) is 0 Å². The molecule has 2 heterocycles. The molecule has 1 aliphatic rings. The van der Waals surface area contributed by atoms with Gasteiger partial charge >= 0.3 is 6.18 Å². The minimum atomic E-state index is -4.65. The molecule has 0 aromatic carbocycles. The molecule has 26 heavy (non-hydrogen) atoms. The molecule has 1 fully saturated rings. The van der Waals surface area contributed by atoms with E-state index in [2.05, 4.69) is 25.5 Å². The van der Waals surface area contributed by atoms with Crippen molar-refractivity contribution in [2.24, 2.45) is 11.7 Å². The first-order valence-electron chi connectivity index (χ1n) is 7.74. The van der Waals surface area contributed by atoms with Crippen LogP contribution >= 0.6 is 12.4 Å². The summed E-state index contributed by atoms with van der Waals surface area (Å²) in [6, 6.07) is -0.0508. The number of H-pyrrole nitrogens is 1. The molecule has 0 saturated heterocycles. The Morgan fingerprint density at radius 2 is 2.12 bits per heavy atom. The van der Waals surface area contributed by atoms with E-state index >= 15 is 0 Å². The molecule has 144 valence electrons. The number of alkyl halides is 3. The second kappa shape index (κ2) is 7.58. The summed E-state index contributed by atoms with van der Waals surface area (Å²) in [7, 11) is 0. The number of carbonyl (C=O) groups is 1. The van der Waals surface area contributed by atoms with Crippen molar-refractivity contribution in [3.05, 3.63) is 17.5 Å². The van der Waals surface area contributed by atoms with Gasteiger partial charge in [0.05, 0.1) is 0 Å². The number of hydrogen-bond donors (Lipinski definition) is 3. The molecule has 2 aromatic rings. The first-order valence-corrected chi connectivity index (χ1v) is 7.74. The van der Waals surface area contributed by atoms with Crippen LogP contribution in [0.2, 0.25) is 0 Å². The molecule has 1 saturated carbocycles. The van der Waals surface area contributed by atoms with E-state index in [0.29, 0.717) is 6.54 Å². The molecule has 3 rings (SSSR count). The van der Waals surface area contributed by atoms with E-state index in [4.69, 9.17) is 5.73 Å². The third kappa shape index (κ3) is 3.96. The van der Waals surface area contributed by atoms with Crippen molar-refractivity contribution >= 4 is 18.3 Å². The molecule has 0 radical (unpaired) electrons. The van der Waals surface area contributed by atoms with Gasteiger partial charge in [0.1, 0.15) is 5.82 Å². The number of aromatic nitrogens is 6. The standard InChI is InChI=1S/C13H17F3N8O.ClH/c1-6-18-9(10(25)19-8-4-2-3-7(8)5-17)23-24(6)12-20-11(21-22-12)13(14,15)16;/h7-8H,2-5,17H2,1H3,(H,19,25)(H,20,21,22);1H. The zero-order valence-electron chi connectivity index (χ0n) is 13.7. The summed E-state index contributed by atoms with van der Waals surface area (Å²) >= 11 is 0. The van der Waals surface area contributed by atoms with E-state index < -0.39 is 17.9 Å². The molecule has 9 nitrogen and oxygen atoms in total. The van der Waals surface area contributed by atoms with Crippen LogP contribution in [0.3, 0.4) is 0 Å². The van der Waals surface area contributed by atoms with Crippen LogP contribution < -0.4 is 11.1 Å². The highest BCUT2D eigenvalue weighted by atomic mass is 35.5. The van der Waals surface area contributed by atoms with Crippen molar-refractivity contribution < 1.29 is 18.0 Å². The molecule has 1 aliphatic carbocycles. The van der Waals surface area contributed by atoms with Crippen molar-refractivity contribution in [3.8, 4) is 5.95 Å². The van der Waals surface area contributed by atoms with Crippen LogP contribution in [0.15, 0.2) is 0 Å². The highest BCUT2D eigenvalue weighted by Gasteiger charge is 2.36. The first kappa shape index (κ1) is 20.1. The SMILES string of the molecule is Cc1nc(C(=O)NC2CCCC2CN)nn1-c1n[nH]c(C(F)(F)F)n1.Cl. The number of halogens is 4. The fourth-order valence-electron chi connectivity index (χ4n) is 2.89. The van der Waals surface area contributed by atoms with E-state index in [1.165, 1.54) is 6.92 Å². The summed E-state index contributed by atoms with van der Waals surface area (Å²) in [6.07, 6.45) is -1.91. The summed E-state index contributed by atoms with van der Waals surface area (Å²) in [4.78, 5) is 19.6. The third-order valence-corrected chi connectivity index (χ3v) is 4.18. The zero-order valence-corrected chi connectivity index (χ0v) is 14.6. The van der Waals surface area contributed by atoms with E-state index in [-0.39, 0.29) is 42.0 Å². The van der Waals surface area contributed by atoms with Gasteiger partial charge in [-0.1, -0.05) is 6.42 Å². The van der Waals surface area contributed by atoms with E-state index in [1.807, 2.05) is 0 Å². The Kier molecular flexibility index (Phi) is 5.86. The summed E-state index contributed by atoms with van der Waals surface area (Å²) in [5.74, 6) is -1.84. The number of aromatic amines is 1. The van der Waals surface area contributed by atoms with Crippen molar-refractivity contribution in [1.82, 2.24) is 35.3 Å². The maximum absolute atomic E-state index is 12.6. The van der Waals surface area contributed by atoms with Crippen molar-refractivity contribution in [1.29, 1.82) is 0 Å². The summed E-state index contributed by atoms with van der Waals surface area (Å²) in [5.41, 5.74) is 5.68. The molecular formula is C13H18ClF3N8O. The largest absolute Gasteiger partial charge is 0.451 e. The number of rotatable bonds is 4. The molecule has 0 bridgehead atoms. The lowest BCUT2D eigenvalue weighted by Crippen LogP contribution is -2.40. The van der Waals surface area contributed by atoms with Gasteiger partial charge in [-0.25, -0.2) is 4.98 Å². The number of amides is 1. The Hall–Kier alpha value is -2.21. The van der Waals surface area contributed by atoms with Crippen molar-refractivity contribution in [2.75, 3.05) is 6.54 Å². The van der Waals surface area contributed by atoms with Gasteiger partial charge in [-0.05, 0) is 32.2 Å². The smallest absolute Gasteiger partial charge is 0.346 e. The maximum Gasteiger partial charge on any atom is 0.451 e. The number of aryl methyl sites for hydroxylation is 1. The molecule has 1 amide bonds. The fourth-order valence-corrected chi connectivity index (χ4v) is 2.89. The minimum absolute atomic E-state index is 0. The lowest BCUT2D eigenvalue weighted by Gasteiger charge is -2.18. The maximum atomic E-state index is 12.6. The van der Waals surface area contributed by atoms with Gasteiger partial charge < -0.3 is 11.1 Å². The Morgan fingerprint density at radius 3 is 2.73 bits per heavy atom. The minimum Gasteiger partial charge on any atom is -0.346 e. The van der Waals surface area contributed by atoms with Crippen LogP contribution in [0.1, 0.15) is 41.5 Å². The normalized spacial score (nSPS) is 20.0. The average Bonchev–Trinajstić information content (AvgIpc) is 3.24. The van der Waals surface area contributed by atoms with E-state index in [1.54, 1.807) is 5.10 Å². The average molecular weight is 395 g/mol. The second-order valence-corrected chi connectivity index (χ2v) is 5.88. The third-order valence-electron chi connectivity index (χ3n) is 4.18. The predicted octanol–water partition coefficient (Wildman–Crippen LogP) is 0.992. The number of carbonyl (C=O) groups excluding carboxylic acids is 1. The lowest BCUT2D eigenvalue weighted by molar-refractivity contribution is -0.144. The van der Waals surface area contributed by atoms with Crippen molar-refractivity contribution in [2.45, 2.75) is 38.4 Å². The van der Waals surface area contributed by atoms with E-state index in [0.717, 1.165) is 23.9 Å². The van der Waals surface area contributed by atoms with E-state index in [9.17, 15) is 18.0 Å². The molecule has 4 N–H and O–H groups in total. The molecule has 13 heteroatoms. The Bertz CT molecular complexity index is 774. The first-order chi connectivity index (χ1) is 11.8. The van der Waals surface area contributed by atoms with Crippen LogP contribution in [0.25, 0.3) is 5.95 Å². The quantitative estimate of drug-likeness (QED) is 0.709. The van der Waals surface area contributed by atoms with Gasteiger partial charge in [0, 0.05) is 6.04 Å².